The average molecular weight is 272 g/mol. The molecule has 2 rings (SSSR count). The number of hydrogen-bond donors (Lipinski definition) is 1. The Hall–Kier alpha value is -1.07. The maximum absolute atomic E-state index is 12.6. The monoisotopic (exact) mass is 272 g/mol. The zero-order chi connectivity index (χ0) is 13.9. The van der Waals surface area contributed by atoms with Crippen LogP contribution in [0.5, 0.6) is 0 Å². The highest BCUT2D eigenvalue weighted by molar-refractivity contribution is 5.25. The molecule has 1 atom stereocenters. The topological polar surface area (TPSA) is 15.3 Å². The van der Waals surface area contributed by atoms with Crippen molar-refractivity contribution in [1.29, 1.82) is 0 Å². The van der Waals surface area contributed by atoms with Crippen LogP contribution < -0.4 is 5.32 Å². The summed E-state index contributed by atoms with van der Waals surface area (Å²) in [5, 5.41) is 3.15. The molecule has 0 aliphatic carbocycles. The van der Waals surface area contributed by atoms with E-state index in [1.807, 2.05) is 7.05 Å². The van der Waals surface area contributed by atoms with Crippen LogP contribution in [-0.4, -0.2) is 31.6 Å². The molecular formula is C14H19F3N2. The van der Waals surface area contributed by atoms with Gasteiger partial charge >= 0.3 is 6.18 Å². The average Bonchev–Trinajstić information content (AvgIpc) is 2.76. The summed E-state index contributed by atoms with van der Waals surface area (Å²) in [4.78, 5) is 2.22. The summed E-state index contributed by atoms with van der Waals surface area (Å²) in [5.41, 5.74) is 0.177. The van der Waals surface area contributed by atoms with Crippen molar-refractivity contribution in [3.63, 3.8) is 0 Å². The highest BCUT2D eigenvalue weighted by atomic mass is 19.4. The summed E-state index contributed by atoms with van der Waals surface area (Å²) in [6, 6.07) is 5.63. The normalized spacial score (nSPS) is 20.9. The third-order valence-electron chi connectivity index (χ3n) is 3.52. The number of likely N-dealkylation sites (tertiary alicyclic amines) is 1. The number of nitrogens with one attached hydrogen (secondary N) is 1. The third-order valence-corrected chi connectivity index (χ3v) is 3.52. The Morgan fingerprint density at radius 1 is 1.37 bits per heavy atom. The molecule has 0 amide bonds. The molecule has 5 heteroatoms. The van der Waals surface area contributed by atoms with E-state index in [-0.39, 0.29) is 0 Å². The Balaban J connectivity index is 1.97. The van der Waals surface area contributed by atoms with Gasteiger partial charge in [0.1, 0.15) is 0 Å². The molecule has 0 bridgehead atoms. The van der Waals surface area contributed by atoms with Crippen LogP contribution in [-0.2, 0) is 12.7 Å². The van der Waals surface area contributed by atoms with Crippen LogP contribution in [0.1, 0.15) is 17.5 Å². The Kier molecular flexibility index (Phi) is 4.47. The second-order valence-electron chi connectivity index (χ2n) is 5.15. The summed E-state index contributed by atoms with van der Waals surface area (Å²) < 4.78 is 37.9. The molecule has 1 fully saturated rings. The van der Waals surface area contributed by atoms with Gasteiger partial charge in [0.15, 0.2) is 0 Å². The van der Waals surface area contributed by atoms with E-state index >= 15 is 0 Å². The van der Waals surface area contributed by atoms with E-state index in [9.17, 15) is 13.2 Å². The first-order chi connectivity index (χ1) is 8.99. The molecule has 1 unspecified atom stereocenters. The molecule has 1 N–H and O–H groups in total. The highest BCUT2D eigenvalue weighted by Crippen LogP contribution is 2.30. The van der Waals surface area contributed by atoms with Gasteiger partial charge in [-0.15, -0.1) is 0 Å². The fraction of sp³-hybridized carbons (Fsp3) is 0.571. The van der Waals surface area contributed by atoms with E-state index in [0.717, 1.165) is 37.7 Å². The predicted octanol–water partition coefficient (Wildman–Crippen LogP) is 2.75. The van der Waals surface area contributed by atoms with Crippen LogP contribution in [0.2, 0.25) is 0 Å². The minimum atomic E-state index is -4.25. The molecule has 0 saturated carbocycles. The smallest absolute Gasteiger partial charge is 0.319 e. The number of halogens is 3. The molecule has 1 aliphatic heterocycles. The maximum Gasteiger partial charge on any atom is 0.416 e. The molecule has 2 nitrogen and oxygen atoms in total. The van der Waals surface area contributed by atoms with Crippen molar-refractivity contribution in [3.8, 4) is 0 Å². The molecule has 19 heavy (non-hydrogen) atoms. The molecule has 1 aromatic carbocycles. The van der Waals surface area contributed by atoms with Crippen LogP contribution >= 0.6 is 0 Å². The van der Waals surface area contributed by atoms with Crippen LogP contribution in [0.25, 0.3) is 0 Å². The van der Waals surface area contributed by atoms with Crippen molar-refractivity contribution in [2.24, 2.45) is 5.92 Å². The molecule has 1 aromatic rings. The Morgan fingerprint density at radius 2 is 2.16 bits per heavy atom. The fourth-order valence-electron chi connectivity index (χ4n) is 2.62. The fourth-order valence-corrected chi connectivity index (χ4v) is 2.62. The largest absolute Gasteiger partial charge is 0.416 e. The number of benzene rings is 1. The van der Waals surface area contributed by atoms with Crippen molar-refractivity contribution in [2.45, 2.75) is 19.1 Å². The van der Waals surface area contributed by atoms with Crippen molar-refractivity contribution >= 4 is 0 Å². The van der Waals surface area contributed by atoms with Crippen LogP contribution in [0.4, 0.5) is 13.2 Å². The van der Waals surface area contributed by atoms with Gasteiger partial charge in [-0.05, 0) is 44.1 Å². The Morgan fingerprint density at radius 3 is 2.84 bits per heavy atom. The first-order valence-electron chi connectivity index (χ1n) is 6.52. The van der Waals surface area contributed by atoms with Gasteiger partial charge in [0.2, 0.25) is 0 Å². The second-order valence-corrected chi connectivity index (χ2v) is 5.15. The molecule has 1 saturated heterocycles. The van der Waals surface area contributed by atoms with Gasteiger partial charge in [0.25, 0.3) is 0 Å². The minimum absolute atomic E-state index is 0.559. The van der Waals surface area contributed by atoms with Crippen LogP contribution in [0, 0.1) is 5.92 Å². The van der Waals surface area contributed by atoms with Gasteiger partial charge in [-0.2, -0.15) is 13.2 Å². The van der Waals surface area contributed by atoms with E-state index in [1.165, 1.54) is 12.1 Å². The lowest BCUT2D eigenvalue weighted by atomic mass is 10.1. The van der Waals surface area contributed by atoms with E-state index < -0.39 is 11.7 Å². The van der Waals surface area contributed by atoms with Gasteiger partial charge in [-0.3, -0.25) is 4.90 Å². The van der Waals surface area contributed by atoms with E-state index in [0.29, 0.717) is 12.5 Å². The molecule has 0 radical (unpaired) electrons. The van der Waals surface area contributed by atoms with E-state index in [2.05, 4.69) is 10.2 Å². The zero-order valence-corrected chi connectivity index (χ0v) is 11.0. The number of rotatable bonds is 4. The summed E-state index contributed by atoms with van der Waals surface area (Å²) in [6.07, 6.45) is -3.14. The quantitative estimate of drug-likeness (QED) is 0.906. The molecule has 0 aromatic heterocycles. The molecule has 1 heterocycles. The lowest BCUT2D eigenvalue weighted by Gasteiger charge is -2.17. The Labute approximate surface area is 111 Å². The van der Waals surface area contributed by atoms with Crippen molar-refractivity contribution in [3.05, 3.63) is 35.4 Å². The number of hydrogen-bond acceptors (Lipinski definition) is 2. The van der Waals surface area contributed by atoms with Gasteiger partial charge < -0.3 is 5.32 Å². The van der Waals surface area contributed by atoms with E-state index in [1.54, 1.807) is 6.07 Å². The molecule has 106 valence electrons. The van der Waals surface area contributed by atoms with Crippen LogP contribution in [0.15, 0.2) is 24.3 Å². The highest BCUT2D eigenvalue weighted by Gasteiger charge is 2.30. The second kappa shape index (κ2) is 5.92. The molecule has 0 spiro atoms. The van der Waals surface area contributed by atoms with Crippen LogP contribution in [0.3, 0.4) is 0 Å². The lowest BCUT2D eigenvalue weighted by Crippen LogP contribution is -2.24. The summed E-state index contributed by atoms with van der Waals surface area (Å²) in [6.45, 7) is 3.49. The van der Waals surface area contributed by atoms with E-state index in [4.69, 9.17) is 0 Å². The van der Waals surface area contributed by atoms with Gasteiger partial charge in [-0.25, -0.2) is 0 Å². The van der Waals surface area contributed by atoms with Gasteiger partial charge in [0.05, 0.1) is 5.56 Å². The number of alkyl halides is 3. The summed E-state index contributed by atoms with van der Waals surface area (Å²) in [5.74, 6) is 0.607. The lowest BCUT2D eigenvalue weighted by molar-refractivity contribution is -0.137. The predicted molar refractivity (Wildman–Crippen MR) is 68.8 cm³/mol. The number of nitrogens with zero attached hydrogens (tertiary/aromatic N) is 1. The van der Waals surface area contributed by atoms with Crippen molar-refractivity contribution in [1.82, 2.24) is 10.2 Å². The van der Waals surface area contributed by atoms with Gasteiger partial charge in [-0.1, -0.05) is 18.2 Å². The van der Waals surface area contributed by atoms with Crippen molar-refractivity contribution in [2.75, 3.05) is 26.7 Å². The summed E-state index contributed by atoms with van der Waals surface area (Å²) >= 11 is 0. The standard InChI is InChI=1S/C14H19F3N2/c1-18-8-12-5-6-19(10-12)9-11-3-2-4-13(7-11)14(15,16)17/h2-4,7,12,18H,5-6,8-10H2,1H3. The van der Waals surface area contributed by atoms with Gasteiger partial charge in [0, 0.05) is 13.1 Å². The summed E-state index contributed by atoms with van der Waals surface area (Å²) in [7, 11) is 1.93. The van der Waals surface area contributed by atoms with Crippen molar-refractivity contribution < 1.29 is 13.2 Å². The first-order valence-corrected chi connectivity index (χ1v) is 6.52. The minimum Gasteiger partial charge on any atom is -0.319 e. The maximum atomic E-state index is 12.6. The third kappa shape index (κ3) is 3.94. The molecule has 1 aliphatic rings. The zero-order valence-electron chi connectivity index (χ0n) is 11.0. The molecular weight excluding hydrogens is 253 g/mol. The Bertz CT molecular complexity index is 417. The SMILES string of the molecule is CNCC1CCN(Cc2cccc(C(F)(F)F)c2)C1. The first kappa shape index (κ1) is 14.3.